The number of aryl methyl sites for hydroxylation is 1. The van der Waals surface area contributed by atoms with Crippen LogP contribution >= 0.6 is 0 Å². The van der Waals surface area contributed by atoms with Gasteiger partial charge in [-0.3, -0.25) is 14.3 Å². The molecule has 3 aromatic rings. The summed E-state index contributed by atoms with van der Waals surface area (Å²) in [7, 11) is 1.55. The highest BCUT2D eigenvalue weighted by atomic mass is 16.5. The summed E-state index contributed by atoms with van der Waals surface area (Å²) in [5.74, 6) is 1.17. The van der Waals surface area contributed by atoms with Crippen LogP contribution in [0.25, 0.3) is 11.2 Å². The van der Waals surface area contributed by atoms with Gasteiger partial charge in [-0.15, -0.1) is 0 Å². The van der Waals surface area contributed by atoms with Gasteiger partial charge in [-0.2, -0.15) is 4.98 Å². The zero-order chi connectivity index (χ0) is 20.4. The number of hydrogen-bond donors (Lipinski definition) is 2. The second-order valence-electron chi connectivity index (χ2n) is 6.89. The number of H-pyrrole nitrogens is 1. The fraction of sp³-hybridized carbons (Fsp3) is 0.421. The zero-order valence-electron chi connectivity index (χ0n) is 16.1. The monoisotopic (exact) mass is 401 g/mol. The molecule has 4 rings (SSSR count). The molecule has 1 aromatic carbocycles. The number of rotatable bonds is 6. The lowest BCUT2D eigenvalue weighted by atomic mass is 10.3. The summed E-state index contributed by atoms with van der Waals surface area (Å²) in [6.45, 7) is 2.43. The molecule has 1 aliphatic rings. The summed E-state index contributed by atoms with van der Waals surface area (Å²) in [6, 6.07) is 9.19. The molecular weight excluding hydrogens is 378 g/mol. The van der Waals surface area contributed by atoms with Crippen molar-refractivity contribution in [1.29, 1.82) is 0 Å². The number of anilines is 1. The van der Waals surface area contributed by atoms with Crippen LogP contribution in [0.2, 0.25) is 0 Å². The van der Waals surface area contributed by atoms with Gasteiger partial charge < -0.3 is 24.0 Å². The highest BCUT2D eigenvalue weighted by Crippen LogP contribution is 2.21. The maximum atomic E-state index is 12.5. The summed E-state index contributed by atoms with van der Waals surface area (Å²) < 4.78 is 14.0. The molecule has 0 radical (unpaired) electrons. The van der Waals surface area contributed by atoms with Crippen LogP contribution in [-0.4, -0.2) is 63.2 Å². The molecule has 0 bridgehead atoms. The van der Waals surface area contributed by atoms with E-state index in [9.17, 15) is 14.7 Å². The fourth-order valence-electron chi connectivity index (χ4n) is 3.37. The lowest BCUT2D eigenvalue weighted by molar-refractivity contribution is 0.0927. The molecule has 1 fully saturated rings. The van der Waals surface area contributed by atoms with Gasteiger partial charge in [0.05, 0.1) is 19.8 Å². The summed E-state index contributed by atoms with van der Waals surface area (Å²) >= 11 is 0. The Balaban J connectivity index is 1.68. The van der Waals surface area contributed by atoms with Crippen LogP contribution in [0.5, 0.6) is 5.75 Å². The van der Waals surface area contributed by atoms with Crippen LogP contribution < -0.4 is 20.9 Å². The number of ether oxygens (including phenoxy) is 2. The summed E-state index contributed by atoms with van der Waals surface area (Å²) in [5, 5.41) is 10.6. The zero-order valence-corrected chi connectivity index (χ0v) is 16.1. The smallest absolute Gasteiger partial charge is 0.329 e. The van der Waals surface area contributed by atoms with Gasteiger partial charge in [0, 0.05) is 20.1 Å². The number of aliphatic hydroxyl groups is 1. The van der Waals surface area contributed by atoms with Gasteiger partial charge in [0.15, 0.2) is 11.2 Å². The Bertz CT molecular complexity index is 1100. The van der Waals surface area contributed by atoms with Crippen LogP contribution in [0.15, 0.2) is 39.9 Å². The topological polar surface area (TPSA) is 115 Å². The minimum absolute atomic E-state index is 0.0515. The van der Waals surface area contributed by atoms with Gasteiger partial charge >= 0.3 is 5.69 Å². The molecule has 1 saturated heterocycles. The van der Waals surface area contributed by atoms with Crippen LogP contribution in [0.4, 0.5) is 5.95 Å². The molecule has 2 aromatic heterocycles. The molecule has 0 saturated carbocycles. The number of aromatic amines is 1. The van der Waals surface area contributed by atoms with Crippen molar-refractivity contribution in [3.8, 4) is 5.75 Å². The number of aromatic nitrogens is 4. The average molecular weight is 401 g/mol. The number of benzene rings is 1. The van der Waals surface area contributed by atoms with Crippen LogP contribution in [-0.2, 0) is 18.3 Å². The van der Waals surface area contributed by atoms with Crippen LogP contribution in [0.3, 0.4) is 0 Å². The van der Waals surface area contributed by atoms with Gasteiger partial charge in [0.2, 0.25) is 5.95 Å². The van der Waals surface area contributed by atoms with Gasteiger partial charge in [0.25, 0.3) is 5.56 Å². The lowest BCUT2D eigenvalue weighted by Gasteiger charge is -2.28. The number of nitrogens with zero attached hydrogens (tertiary/aromatic N) is 4. The lowest BCUT2D eigenvalue weighted by Crippen LogP contribution is -2.39. The van der Waals surface area contributed by atoms with E-state index in [1.807, 2.05) is 23.1 Å². The molecular formula is C19H23N5O5. The minimum Gasteiger partial charge on any atom is -0.491 e. The molecule has 3 heterocycles. The molecule has 0 amide bonds. The van der Waals surface area contributed by atoms with Crippen molar-refractivity contribution in [3.05, 3.63) is 51.2 Å². The molecule has 29 heavy (non-hydrogen) atoms. The molecule has 0 spiro atoms. The van der Waals surface area contributed by atoms with E-state index in [4.69, 9.17) is 9.47 Å². The van der Waals surface area contributed by atoms with Gasteiger partial charge in [-0.1, -0.05) is 18.2 Å². The molecule has 1 aliphatic heterocycles. The van der Waals surface area contributed by atoms with E-state index in [0.717, 1.165) is 0 Å². The molecule has 10 nitrogen and oxygen atoms in total. The van der Waals surface area contributed by atoms with Crippen molar-refractivity contribution in [2.24, 2.45) is 7.05 Å². The number of morpholine rings is 1. The van der Waals surface area contributed by atoms with Gasteiger partial charge in [-0.25, -0.2) is 4.79 Å². The standard InChI is InChI=1S/C19H23N5O5/c1-22-16-15(17(26)21-19(22)27)24(18(20-16)23-7-9-28-10-8-23)11-13(25)12-29-14-5-3-2-4-6-14/h2-6,13,25H,7-12H2,1H3,(H,21,26,27)/t13-/m0/s1. The van der Waals surface area contributed by atoms with E-state index in [-0.39, 0.29) is 24.3 Å². The number of fused-ring (bicyclic) bond motifs is 1. The second kappa shape index (κ2) is 8.10. The van der Waals surface area contributed by atoms with Crippen molar-refractivity contribution in [3.63, 3.8) is 0 Å². The van der Waals surface area contributed by atoms with E-state index < -0.39 is 17.4 Å². The Morgan fingerprint density at radius 3 is 2.69 bits per heavy atom. The summed E-state index contributed by atoms with van der Waals surface area (Å²) in [4.78, 5) is 33.4. The third kappa shape index (κ3) is 3.89. The Kier molecular flexibility index (Phi) is 5.36. The number of nitrogens with one attached hydrogen (secondary N) is 1. The number of aliphatic hydroxyl groups excluding tert-OH is 1. The minimum atomic E-state index is -0.885. The predicted molar refractivity (Wildman–Crippen MR) is 107 cm³/mol. The average Bonchev–Trinajstić information content (AvgIpc) is 3.12. The molecule has 1 atom stereocenters. The normalized spacial score (nSPS) is 15.6. The van der Waals surface area contributed by atoms with E-state index in [2.05, 4.69) is 9.97 Å². The van der Waals surface area contributed by atoms with Gasteiger partial charge in [0.1, 0.15) is 18.5 Å². The Hall–Kier alpha value is -3.11. The molecule has 2 N–H and O–H groups in total. The molecule has 154 valence electrons. The Labute approximate surface area is 165 Å². The third-order valence-electron chi connectivity index (χ3n) is 4.86. The van der Waals surface area contributed by atoms with Crippen molar-refractivity contribution in [2.45, 2.75) is 12.6 Å². The Morgan fingerprint density at radius 2 is 1.97 bits per heavy atom. The Morgan fingerprint density at radius 1 is 1.24 bits per heavy atom. The molecule has 10 heteroatoms. The highest BCUT2D eigenvalue weighted by Gasteiger charge is 2.24. The van der Waals surface area contributed by atoms with Crippen molar-refractivity contribution >= 4 is 17.1 Å². The predicted octanol–water partition coefficient (Wildman–Crippen LogP) is -0.300. The van der Waals surface area contributed by atoms with Crippen molar-refractivity contribution < 1.29 is 14.6 Å². The van der Waals surface area contributed by atoms with E-state index in [1.54, 1.807) is 23.7 Å². The largest absolute Gasteiger partial charge is 0.491 e. The van der Waals surface area contributed by atoms with Crippen LogP contribution in [0.1, 0.15) is 0 Å². The number of imidazole rings is 1. The van der Waals surface area contributed by atoms with E-state index >= 15 is 0 Å². The van der Waals surface area contributed by atoms with Crippen molar-refractivity contribution in [2.75, 3.05) is 37.8 Å². The maximum Gasteiger partial charge on any atom is 0.329 e. The molecule has 0 aliphatic carbocycles. The second-order valence-corrected chi connectivity index (χ2v) is 6.89. The van der Waals surface area contributed by atoms with Crippen LogP contribution in [0, 0.1) is 0 Å². The summed E-state index contributed by atoms with van der Waals surface area (Å²) in [6.07, 6.45) is -0.885. The molecule has 0 unspecified atom stereocenters. The first kappa shape index (κ1) is 19.2. The number of para-hydroxylation sites is 1. The van der Waals surface area contributed by atoms with E-state index in [1.165, 1.54) is 4.57 Å². The first-order valence-corrected chi connectivity index (χ1v) is 9.42. The van der Waals surface area contributed by atoms with Crippen molar-refractivity contribution in [1.82, 2.24) is 19.1 Å². The first-order chi connectivity index (χ1) is 14.0. The summed E-state index contributed by atoms with van der Waals surface area (Å²) in [5.41, 5.74) is -0.552. The maximum absolute atomic E-state index is 12.5. The van der Waals surface area contributed by atoms with E-state index in [0.29, 0.717) is 38.0 Å². The SMILES string of the molecule is Cn1c(=O)[nH]c(=O)c2c1nc(N1CCOCC1)n2C[C@H](O)COc1ccccc1. The highest BCUT2D eigenvalue weighted by molar-refractivity contribution is 5.74. The number of hydrogen-bond acceptors (Lipinski definition) is 7. The van der Waals surface area contributed by atoms with Gasteiger partial charge in [-0.05, 0) is 12.1 Å². The quantitative estimate of drug-likeness (QED) is 0.583. The third-order valence-corrected chi connectivity index (χ3v) is 4.86. The first-order valence-electron chi connectivity index (χ1n) is 9.42. The fourth-order valence-corrected chi connectivity index (χ4v) is 3.37.